The number of rotatable bonds is 4. The molecular formula is C14H12ClNO4. The van der Waals surface area contributed by atoms with Gasteiger partial charge in [-0.1, -0.05) is 23.7 Å². The number of furan rings is 1. The van der Waals surface area contributed by atoms with Crippen LogP contribution in [0.3, 0.4) is 0 Å². The van der Waals surface area contributed by atoms with E-state index in [0.29, 0.717) is 11.6 Å². The molecule has 0 unspecified atom stereocenters. The van der Waals surface area contributed by atoms with E-state index in [1.165, 1.54) is 17.0 Å². The van der Waals surface area contributed by atoms with Gasteiger partial charge in [0.2, 0.25) is 5.76 Å². The Morgan fingerprint density at radius 2 is 1.95 bits per heavy atom. The maximum atomic E-state index is 12.1. The van der Waals surface area contributed by atoms with E-state index in [-0.39, 0.29) is 11.5 Å². The van der Waals surface area contributed by atoms with Gasteiger partial charge < -0.3 is 14.4 Å². The van der Waals surface area contributed by atoms with Crippen LogP contribution in [0.15, 0.2) is 40.8 Å². The van der Waals surface area contributed by atoms with Crippen LogP contribution in [0.2, 0.25) is 5.02 Å². The van der Waals surface area contributed by atoms with E-state index in [1.54, 1.807) is 25.2 Å². The van der Waals surface area contributed by atoms with Crippen LogP contribution in [0.5, 0.6) is 0 Å². The van der Waals surface area contributed by atoms with Gasteiger partial charge in [-0.15, -0.1) is 0 Å². The number of carboxylic acids is 1. The van der Waals surface area contributed by atoms with E-state index in [0.717, 1.165) is 5.56 Å². The second kappa shape index (κ2) is 5.79. The molecule has 1 heterocycles. The van der Waals surface area contributed by atoms with Crippen molar-refractivity contribution >= 4 is 23.5 Å². The zero-order valence-corrected chi connectivity index (χ0v) is 11.4. The molecule has 0 aliphatic carbocycles. The fourth-order valence-corrected chi connectivity index (χ4v) is 1.95. The van der Waals surface area contributed by atoms with Crippen LogP contribution < -0.4 is 0 Å². The molecule has 1 amide bonds. The van der Waals surface area contributed by atoms with Crippen molar-refractivity contribution in [1.82, 2.24) is 4.90 Å². The van der Waals surface area contributed by atoms with E-state index in [1.807, 2.05) is 6.07 Å². The minimum atomic E-state index is -1.21. The lowest BCUT2D eigenvalue weighted by Gasteiger charge is -2.15. The number of benzene rings is 1. The largest absolute Gasteiger partial charge is 0.475 e. The molecule has 0 radical (unpaired) electrons. The number of hydrogen-bond donors (Lipinski definition) is 1. The summed E-state index contributed by atoms with van der Waals surface area (Å²) in [5, 5.41) is 9.34. The summed E-state index contributed by atoms with van der Waals surface area (Å²) in [6, 6.07) is 9.75. The molecule has 2 aromatic rings. The molecule has 1 aromatic heterocycles. The molecule has 0 aliphatic rings. The van der Waals surface area contributed by atoms with Crippen molar-refractivity contribution in [1.29, 1.82) is 0 Å². The zero-order valence-electron chi connectivity index (χ0n) is 10.7. The Bertz CT molecular complexity index is 650. The lowest BCUT2D eigenvalue weighted by atomic mass is 10.2. The van der Waals surface area contributed by atoms with Gasteiger partial charge in [0.25, 0.3) is 5.91 Å². The molecule has 6 heteroatoms. The van der Waals surface area contributed by atoms with Crippen molar-refractivity contribution in [3.63, 3.8) is 0 Å². The van der Waals surface area contributed by atoms with Gasteiger partial charge in [0.15, 0.2) is 5.76 Å². The molecule has 2 rings (SSSR count). The van der Waals surface area contributed by atoms with Crippen molar-refractivity contribution in [2.75, 3.05) is 7.05 Å². The van der Waals surface area contributed by atoms with Crippen molar-refractivity contribution < 1.29 is 19.1 Å². The summed E-state index contributed by atoms with van der Waals surface area (Å²) >= 11 is 5.88. The highest BCUT2D eigenvalue weighted by Gasteiger charge is 2.18. The number of amides is 1. The maximum Gasteiger partial charge on any atom is 0.371 e. The van der Waals surface area contributed by atoms with E-state index < -0.39 is 11.9 Å². The molecule has 0 atom stereocenters. The van der Waals surface area contributed by atoms with Gasteiger partial charge in [-0.05, 0) is 29.8 Å². The second-order valence-corrected chi connectivity index (χ2v) is 4.70. The third-order valence-corrected chi connectivity index (χ3v) is 2.92. The Balaban J connectivity index is 2.10. The number of hydrogen-bond acceptors (Lipinski definition) is 3. The molecule has 5 nitrogen and oxygen atoms in total. The molecule has 0 fully saturated rings. The predicted octanol–water partition coefficient (Wildman–Crippen LogP) is 2.90. The van der Waals surface area contributed by atoms with E-state index in [2.05, 4.69) is 0 Å². The highest BCUT2D eigenvalue weighted by atomic mass is 35.5. The van der Waals surface area contributed by atoms with Crippen LogP contribution in [0.4, 0.5) is 0 Å². The van der Waals surface area contributed by atoms with Crippen LogP contribution >= 0.6 is 11.6 Å². The topological polar surface area (TPSA) is 70.8 Å². The summed E-state index contributed by atoms with van der Waals surface area (Å²) in [6.45, 7) is 0.350. The molecule has 0 spiro atoms. The molecule has 0 saturated heterocycles. The summed E-state index contributed by atoms with van der Waals surface area (Å²) in [4.78, 5) is 24.2. The fraction of sp³-hybridized carbons (Fsp3) is 0.143. The molecule has 0 aliphatic heterocycles. The van der Waals surface area contributed by atoms with Gasteiger partial charge >= 0.3 is 5.97 Å². The van der Waals surface area contributed by atoms with Gasteiger partial charge in [-0.3, -0.25) is 4.79 Å². The standard InChI is InChI=1S/C14H12ClNO4/c1-16(8-9-3-2-4-10(15)7-9)13(17)11-5-6-12(20-11)14(18)19/h2-7H,8H2,1H3,(H,18,19). The smallest absolute Gasteiger partial charge is 0.371 e. The Labute approximate surface area is 120 Å². The molecule has 104 valence electrons. The summed E-state index contributed by atoms with van der Waals surface area (Å²) in [5.74, 6) is -1.87. The minimum Gasteiger partial charge on any atom is -0.475 e. The maximum absolute atomic E-state index is 12.1. The first kappa shape index (κ1) is 14.1. The van der Waals surface area contributed by atoms with Gasteiger partial charge in [0, 0.05) is 18.6 Å². The number of carboxylic acid groups (broad SMARTS) is 1. The Morgan fingerprint density at radius 1 is 1.25 bits per heavy atom. The zero-order chi connectivity index (χ0) is 14.7. The highest BCUT2D eigenvalue weighted by molar-refractivity contribution is 6.30. The number of carbonyl (C=O) groups excluding carboxylic acids is 1. The summed E-state index contributed by atoms with van der Waals surface area (Å²) in [5.41, 5.74) is 0.873. The van der Waals surface area contributed by atoms with Crippen LogP contribution in [0.25, 0.3) is 0 Å². The van der Waals surface area contributed by atoms with E-state index in [4.69, 9.17) is 21.1 Å². The van der Waals surface area contributed by atoms with Crippen molar-refractivity contribution in [2.24, 2.45) is 0 Å². The number of aromatic carboxylic acids is 1. The lowest BCUT2D eigenvalue weighted by molar-refractivity contribution is 0.0653. The first-order valence-electron chi connectivity index (χ1n) is 5.80. The van der Waals surface area contributed by atoms with Crippen LogP contribution in [-0.2, 0) is 6.54 Å². The van der Waals surface area contributed by atoms with Crippen molar-refractivity contribution in [2.45, 2.75) is 6.54 Å². The number of carbonyl (C=O) groups is 2. The van der Waals surface area contributed by atoms with Gasteiger partial charge in [0.1, 0.15) is 0 Å². The second-order valence-electron chi connectivity index (χ2n) is 4.26. The van der Waals surface area contributed by atoms with Gasteiger partial charge in [-0.25, -0.2) is 4.79 Å². The predicted molar refractivity (Wildman–Crippen MR) is 72.9 cm³/mol. The Morgan fingerprint density at radius 3 is 2.55 bits per heavy atom. The van der Waals surface area contributed by atoms with Crippen LogP contribution in [-0.4, -0.2) is 28.9 Å². The number of halogens is 1. The van der Waals surface area contributed by atoms with Crippen LogP contribution in [0.1, 0.15) is 26.7 Å². The third kappa shape index (κ3) is 3.19. The molecular weight excluding hydrogens is 282 g/mol. The first-order valence-corrected chi connectivity index (χ1v) is 6.18. The fourth-order valence-electron chi connectivity index (χ4n) is 1.74. The average Bonchev–Trinajstić information content (AvgIpc) is 2.87. The molecule has 1 aromatic carbocycles. The normalized spacial score (nSPS) is 10.3. The molecule has 20 heavy (non-hydrogen) atoms. The third-order valence-electron chi connectivity index (χ3n) is 2.68. The molecule has 0 saturated carbocycles. The van der Waals surface area contributed by atoms with Gasteiger partial charge in [-0.2, -0.15) is 0 Å². The monoisotopic (exact) mass is 293 g/mol. The number of nitrogens with zero attached hydrogens (tertiary/aromatic N) is 1. The van der Waals surface area contributed by atoms with E-state index in [9.17, 15) is 9.59 Å². The summed E-state index contributed by atoms with van der Waals surface area (Å²) in [6.07, 6.45) is 0. The van der Waals surface area contributed by atoms with Gasteiger partial charge in [0.05, 0.1) is 0 Å². The SMILES string of the molecule is CN(Cc1cccc(Cl)c1)C(=O)c1ccc(C(=O)O)o1. The highest BCUT2D eigenvalue weighted by Crippen LogP contribution is 2.15. The minimum absolute atomic E-state index is 0.00747. The Hall–Kier alpha value is -2.27. The van der Waals surface area contributed by atoms with Crippen molar-refractivity contribution in [3.05, 3.63) is 58.5 Å². The summed E-state index contributed by atoms with van der Waals surface area (Å²) < 4.78 is 4.97. The average molecular weight is 294 g/mol. The quantitative estimate of drug-likeness (QED) is 0.941. The molecule has 1 N–H and O–H groups in total. The van der Waals surface area contributed by atoms with Crippen LogP contribution in [0, 0.1) is 0 Å². The summed E-state index contributed by atoms with van der Waals surface area (Å²) in [7, 11) is 1.60. The first-order chi connectivity index (χ1) is 9.47. The molecule has 0 bridgehead atoms. The van der Waals surface area contributed by atoms with E-state index >= 15 is 0 Å². The Kier molecular flexibility index (Phi) is 4.10. The van der Waals surface area contributed by atoms with Crippen molar-refractivity contribution in [3.8, 4) is 0 Å². The lowest BCUT2D eigenvalue weighted by Crippen LogP contribution is -2.25.